The van der Waals surface area contributed by atoms with E-state index in [0.717, 1.165) is 44.9 Å². The zero-order chi connectivity index (χ0) is 12.8. The minimum absolute atomic E-state index is 0.124. The minimum atomic E-state index is -0.124. The van der Waals surface area contributed by atoms with E-state index in [1.165, 1.54) is 5.56 Å². The van der Waals surface area contributed by atoms with E-state index in [9.17, 15) is 5.11 Å². The average Bonchev–Trinajstić information content (AvgIpc) is 2.40. The Labute approximate surface area is 110 Å². The van der Waals surface area contributed by atoms with Gasteiger partial charge in [0.1, 0.15) is 0 Å². The Morgan fingerprint density at radius 1 is 1.11 bits per heavy atom. The third kappa shape index (κ3) is 4.11. The van der Waals surface area contributed by atoms with Gasteiger partial charge in [-0.15, -0.1) is 0 Å². The van der Waals surface area contributed by atoms with Crippen LogP contribution in [-0.2, 0) is 6.42 Å². The topological polar surface area (TPSA) is 46.2 Å². The molecule has 1 aromatic rings. The van der Waals surface area contributed by atoms with E-state index in [0.29, 0.717) is 12.0 Å². The molecule has 1 aliphatic carbocycles. The average molecular weight is 247 g/mol. The fourth-order valence-electron chi connectivity index (χ4n) is 2.93. The molecule has 1 unspecified atom stereocenters. The summed E-state index contributed by atoms with van der Waals surface area (Å²) < 4.78 is 0. The van der Waals surface area contributed by atoms with Crippen LogP contribution in [-0.4, -0.2) is 17.3 Å². The Bertz CT molecular complexity index is 330. The van der Waals surface area contributed by atoms with Crippen molar-refractivity contribution < 1.29 is 5.11 Å². The number of rotatable bonds is 5. The Morgan fingerprint density at radius 3 is 2.44 bits per heavy atom. The maximum absolute atomic E-state index is 10.2. The first-order valence-corrected chi connectivity index (χ1v) is 7.23. The highest BCUT2D eigenvalue weighted by atomic mass is 16.3. The van der Waals surface area contributed by atoms with Gasteiger partial charge >= 0.3 is 0 Å². The highest BCUT2D eigenvalue weighted by Crippen LogP contribution is 2.28. The summed E-state index contributed by atoms with van der Waals surface area (Å²) in [5.74, 6) is 0.487. The molecule has 1 saturated carbocycles. The van der Waals surface area contributed by atoms with Crippen LogP contribution in [0.2, 0.25) is 0 Å². The van der Waals surface area contributed by atoms with Gasteiger partial charge in [0.05, 0.1) is 6.10 Å². The van der Waals surface area contributed by atoms with E-state index in [-0.39, 0.29) is 6.10 Å². The van der Waals surface area contributed by atoms with Crippen LogP contribution in [0, 0.1) is 5.92 Å². The summed E-state index contributed by atoms with van der Waals surface area (Å²) in [6, 6.07) is 10.9. The molecule has 0 amide bonds. The molecule has 1 aromatic carbocycles. The highest BCUT2D eigenvalue weighted by molar-refractivity contribution is 5.14. The van der Waals surface area contributed by atoms with Crippen molar-refractivity contribution >= 4 is 0 Å². The summed E-state index contributed by atoms with van der Waals surface area (Å²) in [5, 5.41) is 10.2. The summed E-state index contributed by atoms with van der Waals surface area (Å²) in [4.78, 5) is 0. The van der Waals surface area contributed by atoms with E-state index in [4.69, 9.17) is 5.73 Å². The van der Waals surface area contributed by atoms with Crippen molar-refractivity contribution in [2.75, 3.05) is 0 Å². The molecular weight excluding hydrogens is 222 g/mol. The molecule has 0 bridgehead atoms. The molecule has 100 valence electrons. The summed E-state index contributed by atoms with van der Waals surface area (Å²) in [6.07, 6.45) is 7.33. The van der Waals surface area contributed by atoms with Gasteiger partial charge in [-0.1, -0.05) is 30.3 Å². The fraction of sp³-hybridized carbons (Fsp3) is 0.625. The molecule has 18 heavy (non-hydrogen) atoms. The predicted octanol–water partition coefficient (Wildman–Crippen LogP) is 2.89. The molecule has 2 heteroatoms. The maximum Gasteiger partial charge on any atom is 0.0568 e. The third-order valence-corrected chi connectivity index (χ3v) is 4.17. The smallest absolute Gasteiger partial charge is 0.0568 e. The lowest BCUT2D eigenvalue weighted by atomic mass is 9.81. The SMILES string of the molecule is NC1CCC(C(O)CCCc2ccccc2)CC1. The fourth-order valence-corrected chi connectivity index (χ4v) is 2.93. The lowest BCUT2D eigenvalue weighted by molar-refractivity contribution is 0.0724. The molecule has 0 aliphatic heterocycles. The molecule has 3 N–H and O–H groups in total. The number of nitrogens with two attached hydrogens (primary N) is 1. The quantitative estimate of drug-likeness (QED) is 0.840. The van der Waals surface area contributed by atoms with Crippen LogP contribution < -0.4 is 5.73 Å². The summed E-state index contributed by atoms with van der Waals surface area (Å²) >= 11 is 0. The lowest BCUT2D eigenvalue weighted by Gasteiger charge is -2.29. The van der Waals surface area contributed by atoms with Crippen LogP contribution in [0.15, 0.2) is 30.3 Å². The van der Waals surface area contributed by atoms with E-state index in [1.54, 1.807) is 0 Å². The van der Waals surface area contributed by atoms with Crippen LogP contribution in [0.3, 0.4) is 0 Å². The van der Waals surface area contributed by atoms with E-state index in [1.807, 2.05) is 6.07 Å². The Balaban J connectivity index is 1.67. The summed E-state index contributed by atoms with van der Waals surface area (Å²) in [5.41, 5.74) is 7.26. The number of hydrogen-bond donors (Lipinski definition) is 2. The van der Waals surface area contributed by atoms with Crippen LogP contribution >= 0.6 is 0 Å². The van der Waals surface area contributed by atoms with Crippen molar-refractivity contribution in [1.29, 1.82) is 0 Å². The van der Waals surface area contributed by atoms with E-state index < -0.39 is 0 Å². The van der Waals surface area contributed by atoms with E-state index in [2.05, 4.69) is 24.3 Å². The molecule has 2 nitrogen and oxygen atoms in total. The second-order valence-corrected chi connectivity index (χ2v) is 5.62. The van der Waals surface area contributed by atoms with Gasteiger partial charge in [0.25, 0.3) is 0 Å². The van der Waals surface area contributed by atoms with Gasteiger partial charge in [0.15, 0.2) is 0 Å². The van der Waals surface area contributed by atoms with Crippen LogP contribution in [0.1, 0.15) is 44.1 Å². The first kappa shape index (κ1) is 13.6. The van der Waals surface area contributed by atoms with Crippen LogP contribution in [0.25, 0.3) is 0 Å². The first-order valence-electron chi connectivity index (χ1n) is 7.23. The highest BCUT2D eigenvalue weighted by Gasteiger charge is 2.24. The molecule has 0 radical (unpaired) electrons. The van der Waals surface area contributed by atoms with Gasteiger partial charge in [-0.3, -0.25) is 0 Å². The Morgan fingerprint density at radius 2 is 1.78 bits per heavy atom. The second kappa shape index (κ2) is 6.91. The third-order valence-electron chi connectivity index (χ3n) is 4.17. The lowest BCUT2D eigenvalue weighted by Crippen LogP contribution is -2.31. The molecule has 1 fully saturated rings. The number of aryl methyl sites for hydroxylation is 1. The molecule has 1 atom stereocenters. The summed E-state index contributed by atoms with van der Waals surface area (Å²) in [7, 11) is 0. The first-order chi connectivity index (χ1) is 8.75. The zero-order valence-electron chi connectivity index (χ0n) is 11.1. The van der Waals surface area contributed by atoms with Crippen molar-refractivity contribution in [1.82, 2.24) is 0 Å². The molecule has 0 aromatic heterocycles. The largest absolute Gasteiger partial charge is 0.393 e. The van der Waals surface area contributed by atoms with Crippen molar-refractivity contribution in [3.8, 4) is 0 Å². The normalized spacial score (nSPS) is 25.9. The van der Waals surface area contributed by atoms with Gasteiger partial charge in [-0.05, 0) is 56.4 Å². The molecule has 2 rings (SSSR count). The van der Waals surface area contributed by atoms with Gasteiger partial charge < -0.3 is 10.8 Å². The van der Waals surface area contributed by atoms with Crippen LogP contribution in [0.5, 0.6) is 0 Å². The standard InChI is InChI=1S/C16H25NO/c17-15-11-9-14(10-12-15)16(18)8-4-7-13-5-2-1-3-6-13/h1-3,5-6,14-16,18H,4,7-12,17H2. The Kier molecular flexibility index (Phi) is 5.21. The number of aliphatic hydroxyl groups excluding tert-OH is 1. The summed E-state index contributed by atoms with van der Waals surface area (Å²) in [6.45, 7) is 0. The van der Waals surface area contributed by atoms with Crippen molar-refractivity contribution in [3.05, 3.63) is 35.9 Å². The minimum Gasteiger partial charge on any atom is -0.393 e. The number of benzene rings is 1. The van der Waals surface area contributed by atoms with Crippen LogP contribution in [0.4, 0.5) is 0 Å². The second-order valence-electron chi connectivity index (χ2n) is 5.62. The number of hydrogen-bond acceptors (Lipinski definition) is 2. The molecular formula is C16H25NO. The van der Waals surface area contributed by atoms with Gasteiger partial charge in [-0.25, -0.2) is 0 Å². The van der Waals surface area contributed by atoms with E-state index >= 15 is 0 Å². The maximum atomic E-state index is 10.2. The number of aliphatic hydroxyl groups is 1. The van der Waals surface area contributed by atoms with Gasteiger partial charge in [0.2, 0.25) is 0 Å². The molecule has 1 aliphatic rings. The van der Waals surface area contributed by atoms with Gasteiger partial charge in [0, 0.05) is 6.04 Å². The predicted molar refractivity (Wildman–Crippen MR) is 75.3 cm³/mol. The Hall–Kier alpha value is -0.860. The molecule has 0 saturated heterocycles. The molecule has 0 spiro atoms. The monoisotopic (exact) mass is 247 g/mol. The van der Waals surface area contributed by atoms with Crippen molar-refractivity contribution in [2.45, 2.75) is 57.1 Å². The van der Waals surface area contributed by atoms with Crippen molar-refractivity contribution in [3.63, 3.8) is 0 Å². The zero-order valence-corrected chi connectivity index (χ0v) is 11.1. The van der Waals surface area contributed by atoms with Gasteiger partial charge in [-0.2, -0.15) is 0 Å². The van der Waals surface area contributed by atoms with Crippen molar-refractivity contribution in [2.24, 2.45) is 11.7 Å². The molecule has 0 heterocycles.